The van der Waals surface area contributed by atoms with Crippen molar-refractivity contribution >= 4 is 28.8 Å². The Morgan fingerprint density at radius 3 is 2.41 bits per heavy atom. The molecule has 0 spiro atoms. The third-order valence-corrected chi connectivity index (χ3v) is 8.84. The van der Waals surface area contributed by atoms with Gasteiger partial charge in [0, 0.05) is 38.1 Å². The van der Waals surface area contributed by atoms with Crippen molar-refractivity contribution in [2.75, 3.05) is 13.1 Å². The van der Waals surface area contributed by atoms with E-state index in [4.69, 9.17) is 5.73 Å². The number of unbranched alkanes of at least 4 members (excludes halogenated alkanes) is 2. The number of β-amino-alcohol motifs (C(OH)–C–C–N with tert-alkyl or cyclic N) is 1. The van der Waals surface area contributed by atoms with Crippen LogP contribution >= 0.6 is 11.3 Å². The van der Waals surface area contributed by atoms with Gasteiger partial charge in [0.25, 0.3) is 0 Å². The van der Waals surface area contributed by atoms with Crippen LogP contribution in [0.3, 0.4) is 0 Å². The number of aryl methyl sites for hydroxylation is 1. The van der Waals surface area contributed by atoms with Crippen LogP contribution in [0.25, 0.3) is 10.4 Å². The predicted octanol–water partition coefficient (Wildman–Crippen LogP) is 5.28. The number of aliphatic hydroxyl groups excluding tert-OH is 1. The highest BCUT2D eigenvalue weighted by molar-refractivity contribution is 7.13. The second-order valence-electron chi connectivity index (χ2n) is 12.1. The second-order valence-corrected chi connectivity index (χ2v) is 13.0. The third-order valence-electron chi connectivity index (χ3n) is 7.86. The smallest absolute Gasteiger partial charge is 0.227 e. The molecule has 3 N–H and O–H groups in total. The van der Waals surface area contributed by atoms with Gasteiger partial charge in [-0.05, 0) is 48.8 Å². The van der Waals surface area contributed by atoms with Crippen molar-refractivity contribution in [2.45, 2.75) is 97.6 Å². The summed E-state index contributed by atoms with van der Waals surface area (Å²) in [6.07, 6.45) is 2.92. The molecule has 2 aromatic rings. The first-order chi connectivity index (χ1) is 18.4. The first-order valence-electron chi connectivity index (χ1n) is 14.2. The van der Waals surface area contributed by atoms with Crippen LogP contribution in [0.1, 0.15) is 89.8 Å². The molecule has 214 valence electrons. The van der Waals surface area contributed by atoms with Crippen molar-refractivity contribution in [3.8, 4) is 10.4 Å². The number of hydrogen-bond acceptors (Lipinski definition) is 7. The summed E-state index contributed by atoms with van der Waals surface area (Å²) in [5.74, 6) is -0.758. The molecule has 0 bridgehead atoms. The number of Topliss-reactive ketones (excluding diaryl/α,β-unsaturated/α-hetero) is 2. The van der Waals surface area contributed by atoms with Crippen LogP contribution in [-0.4, -0.2) is 57.7 Å². The molecule has 39 heavy (non-hydrogen) atoms. The number of benzene rings is 1. The van der Waals surface area contributed by atoms with E-state index in [9.17, 15) is 19.5 Å². The molecule has 0 saturated carbocycles. The number of aliphatic hydroxyl groups is 1. The van der Waals surface area contributed by atoms with Crippen LogP contribution in [0.15, 0.2) is 29.8 Å². The van der Waals surface area contributed by atoms with Crippen LogP contribution < -0.4 is 5.73 Å². The standard InChI is InChI=1S/C31H45N3O4S/c1-20(22-10-12-23(13-11-22)29-21(2)33-19-39-29)15-28(37)27-17-25(36)18-34(27)30(38)26(31(3,4)5)16-24(35)9-7-6-8-14-32/h10-13,19-20,25-27,36H,6-9,14-18,32H2,1-5H3/t20-,25-,26+,27+/m1/s1. The molecule has 0 unspecified atom stereocenters. The fraction of sp³-hybridized carbons (Fsp3) is 0.613. The highest BCUT2D eigenvalue weighted by Crippen LogP contribution is 2.35. The molecule has 8 heteroatoms. The number of nitrogens with zero attached hydrogens (tertiary/aromatic N) is 2. The zero-order valence-corrected chi connectivity index (χ0v) is 24.9. The van der Waals surface area contributed by atoms with E-state index in [1.54, 1.807) is 16.2 Å². The maximum Gasteiger partial charge on any atom is 0.227 e. The Balaban J connectivity index is 1.68. The number of aromatic nitrogens is 1. The van der Waals surface area contributed by atoms with E-state index in [1.807, 2.05) is 52.3 Å². The molecule has 7 nitrogen and oxygen atoms in total. The number of carbonyl (C=O) groups is 3. The van der Waals surface area contributed by atoms with Gasteiger partial charge in [0.2, 0.25) is 5.91 Å². The topological polar surface area (TPSA) is 114 Å². The Morgan fingerprint density at radius 2 is 1.82 bits per heavy atom. The molecule has 1 aromatic heterocycles. The highest BCUT2D eigenvalue weighted by atomic mass is 32.1. The molecular formula is C31H45N3O4S. The maximum absolute atomic E-state index is 13.8. The molecule has 0 aliphatic carbocycles. The summed E-state index contributed by atoms with van der Waals surface area (Å²) < 4.78 is 0. The fourth-order valence-corrected chi connectivity index (χ4v) is 6.21. The van der Waals surface area contributed by atoms with Gasteiger partial charge in [-0.25, -0.2) is 4.98 Å². The van der Waals surface area contributed by atoms with Crippen molar-refractivity contribution in [1.29, 1.82) is 0 Å². The highest BCUT2D eigenvalue weighted by Gasteiger charge is 2.44. The van der Waals surface area contributed by atoms with E-state index in [0.29, 0.717) is 13.0 Å². The molecule has 1 saturated heterocycles. The predicted molar refractivity (Wildman–Crippen MR) is 157 cm³/mol. The largest absolute Gasteiger partial charge is 0.391 e. The number of hydrogen-bond donors (Lipinski definition) is 2. The van der Waals surface area contributed by atoms with Crippen molar-refractivity contribution < 1.29 is 19.5 Å². The monoisotopic (exact) mass is 555 g/mol. The number of nitrogens with two attached hydrogens (primary N) is 1. The van der Waals surface area contributed by atoms with E-state index >= 15 is 0 Å². The number of ketones is 2. The van der Waals surface area contributed by atoms with Crippen molar-refractivity contribution in [2.24, 2.45) is 17.1 Å². The molecule has 3 rings (SSSR count). The zero-order chi connectivity index (χ0) is 28.7. The summed E-state index contributed by atoms with van der Waals surface area (Å²) in [5.41, 5.74) is 10.1. The van der Waals surface area contributed by atoms with E-state index in [1.165, 1.54) is 0 Å². The minimum absolute atomic E-state index is 0.0303. The molecule has 4 atom stereocenters. The lowest BCUT2D eigenvalue weighted by Crippen LogP contribution is -2.47. The summed E-state index contributed by atoms with van der Waals surface area (Å²) in [4.78, 5) is 47.1. The van der Waals surface area contributed by atoms with E-state index in [-0.39, 0.29) is 49.2 Å². The number of amides is 1. The van der Waals surface area contributed by atoms with Crippen molar-refractivity contribution in [3.63, 3.8) is 0 Å². The quantitative estimate of drug-likeness (QED) is 0.325. The van der Waals surface area contributed by atoms with Gasteiger partial charge in [-0.15, -0.1) is 11.3 Å². The van der Waals surface area contributed by atoms with Crippen LogP contribution in [0.2, 0.25) is 0 Å². The van der Waals surface area contributed by atoms with Gasteiger partial charge in [0.1, 0.15) is 5.78 Å². The summed E-state index contributed by atoms with van der Waals surface area (Å²) in [6.45, 7) is 10.6. The Hall–Kier alpha value is -2.42. The Bertz CT molecular complexity index is 1120. The van der Waals surface area contributed by atoms with E-state index in [0.717, 1.165) is 41.0 Å². The molecule has 1 aliphatic heterocycles. The summed E-state index contributed by atoms with van der Waals surface area (Å²) in [7, 11) is 0. The first kappa shape index (κ1) is 31.1. The summed E-state index contributed by atoms with van der Waals surface area (Å²) >= 11 is 1.61. The zero-order valence-electron chi connectivity index (χ0n) is 24.1. The fourth-order valence-electron chi connectivity index (χ4n) is 5.40. The minimum atomic E-state index is -0.743. The lowest BCUT2D eigenvalue weighted by Gasteiger charge is -2.35. The Labute approximate surface area is 237 Å². The van der Waals surface area contributed by atoms with Gasteiger partial charge in [-0.2, -0.15) is 0 Å². The van der Waals surface area contributed by atoms with E-state index in [2.05, 4.69) is 17.1 Å². The van der Waals surface area contributed by atoms with Crippen molar-refractivity contribution in [3.05, 3.63) is 41.0 Å². The number of rotatable bonds is 13. The van der Waals surface area contributed by atoms with Gasteiger partial charge in [-0.1, -0.05) is 58.4 Å². The minimum Gasteiger partial charge on any atom is -0.391 e. The first-order valence-corrected chi connectivity index (χ1v) is 15.0. The molecule has 2 heterocycles. The van der Waals surface area contributed by atoms with Crippen molar-refractivity contribution in [1.82, 2.24) is 9.88 Å². The third kappa shape index (κ3) is 8.29. The normalized spacial score (nSPS) is 19.2. The van der Waals surface area contributed by atoms with Gasteiger partial charge in [0.15, 0.2) is 5.78 Å². The molecule has 1 aromatic carbocycles. The Morgan fingerprint density at radius 1 is 1.13 bits per heavy atom. The maximum atomic E-state index is 13.8. The lowest BCUT2D eigenvalue weighted by molar-refractivity contribution is -0.146. The summed E-state index contributed by atoms with van der Waals surface area (Å²) in [5, 5.41) is 10.5. The van der Waals surface area contributed by atoms with Gasteiger partial charge < -0.3 is 15.7 Å². The van der Waals surface area contributed by atoms with Crippen LogP contribution in [0, 0.1) is 18.3 Å². The molecule has 1 amide bonds. The summed E-state index contributed by atoms with van der Waals surface area (Å²) in [6, 6.07) is 7.56. The molecule has 1 fully saturated rings. The van der Waals surface area contributed by atoms with Crippen LogP contribution in [0.5, 0.6) is 0 Å². The molecule has 0 radical (unpaired) electrons. The van der Waals surface area contributed by atoms with Gasteiger partial charge >= 0.3 is 0 Å². The molecular weight excluding hydrogens is 510 g/mol. The molecule has 1 aliphatic rings. The van der Waals surface area contributed by atoms with Gasteiger partial charge in [-0.3, -0.25) is 14.4 Å². The number of carbonyl (C=O) groups excluding carboxylic acids is 3. The average Bonchev–Trinajstić information content (AvgIpc) is 3.49. The van der Waals surface area contributed by atoms with Crippen LogP contribution in [0.4, 0.5) is 0 Å². The van der Waals surface area contributed by atoms with E-state index < -0.39 is 23.5 Å². The number of thiazole rings is 1. The lowest BCUT2D eigenvalue weighted by atomic mass is 9.76. The second kappa shape index (κ2) is 13.8. The average molecular weight is 556 g/mol. The van der Waals surface area contributed by atoms with Gasteiger partial charge in [0.05, 0.1) is 28.2 Å². The number of likely N-dealkylation sites (tertiary alicyclic amines) is 1. The van der Waals surface area contributed by atoms with Crippen LogP contribution in [-0.2, 0) is 14.4 Å². The Kier molecular flexibility index (Phi) is 11.0. The SMILES string of the molecule is Cc1ncsc1-c1ccc([C@H](C)CC(=O)[C@@H]2C[C@@H](O)CN2C(=O)[C@H](CC(=O)CCCCCN)C(C)(C)C)cc1.